The fourth-order valence-electron chi connectivity index (χ4n) is 2.39. The molecule has 1 unspecified atom stereocenters. The Balaban J connectivity index is 2.14. The van der Waals surface area contributed by atoms with Crippen molar-refractivity contribution in [1.82, 2.24) is 10.3 Å². The topological polar surface area (TPSA) is 84.8 Å². The molecule has 0 saturated carbocycles. The van der Waals surface area contributed by atoms with Crippen LogP contribution in [0.4, 0.5) is 10.8 Å². The van der Waals surface area contributed by atoms with Gasteiger partial charge in [0.1, 0.15) is 12.8 Å². The maximum atomic E-state index is 12.8. The molecular weight excluding hydrogens is 396 g/mol. The van der Waals surface area contributed by atoms with E-state index in [1.165, 1.54) is 18.4 Å². The van der Waals surface area contributed by atoms with Crippen molar-refractivity contribution in [2.24, 2.45) is 5.16 Å². The predicted octanol–water partition coefficient (Wildman–Crippen LogP) is 3.89. The van der Waals surface area contributed by atoms with Crippen LogP contribution in [0.15, 0.2) is 40.9 Å². The largest absolute Gasteiger partial charge is 0.485 e. The fourth-order valence-corrected chi connectivity index (χ4v) is 3.40. The second kappa shape index (κ2) is 11.4. The highest BCUT2D eigenvalue weighted by atomic mass is 32.1. The fraction of sp³-hybridized carbons (Fsp3) is 0.368. The van der Waals surface area contributed by atoms with Gasteiger partial charge in [-0.3, -0.25) is 4.79 Å². The summed E-state index contributed by atoms with van der Waals surface area (Å²) in [7, 11) is 1.39. The van der Waals surface area contributed by atoms with E-state index < -0.39 is 5.91 Å². The number of amides is 1. The minimum atomic E-state index is -0.418. The lowest BCUT2D eigenvalue weighted by Crippen LogP contribution is -2.44. The zero-order chi connectivity index (χ0) is 20.4. The maximum absolute atomic E-state index is 12.8. The van der Waals surface area contributed by atoms with Crippen molar-refractivity contribution in [2.45, 2.75) is 32.7 Å². The molecule has 0 fully saturated rings. The summed E-state index contributed by atoms with van der Waals surface area (Å²) < 4.78 is 5.40. The van der Waals surface area contributed by atoms with Gasteiger partial charge in [0.25, 0.3) is 5.91 Å². The Morgan fingerprint density at radius 1 is 1.32 bits per heavy atom. The van der Waals surface area contributed by atoms with Gasteiger partial charge >= 0.3 is 0 Å². The van der Waals surface area contributed by atoms with Gasteiger partial charge < -0.3 is 20.2 Å². The number of para-hydroxylation sites is 1. The first kappa shape index (κ1) is 21.8. The summed E-state index contributed by atoms with van der Waals surface area (Å²) in [6.07, 6.45) is 1.51. The molecule has 9 heteroatoms. The van der Waals surface area contributed by atoms with Crippen LogP contribution in [0.1, 0.15) is 32.4 Å². The molecule has 0 spiro atoms. The number of aromatic nitrogens is 1. The van der Waals surface area contributed by atoms with E-state index in [9.17, 15) is 4.79 Å². The van der Waals surface area contributed by atoms with Crippen molar-refractivity contribution in [3.63, 3.8) is 0 Å². The summed E-state index contributed by atoms with van der Waals surface area (Å²) in [5.74, 6) is -0.418. The second-order valence-corrected chi connectivity index (χ2v) is 6.98. The Bertz CT molecular complexity index is 809. The van der Waals surface area contributed by atoms with Crippen LogP contribution in [0.25, 0.3) is 0 Å². The number of thiazole rings is 1. The Morgan fingerprint density at radius 2 is 2.07 bits per heavy atom. The number of nitrogens with one attached hydrogen (secondary N) is 2. The van der Waals surface area contributed by atoms with E-state index in [1.54, 1.807) is 5.38 Å². The zero-order valence-corrected chi connectivity index (χ0v) is 17.7. The lowest BCUT2D eigenvalue weighted by Gasteiger charge is -2.19. The van der Waals surface area contributed by atoms with E-state index in [0.29, 0.717) is 28.9 Å². The molecule has 0 saturated heterocycles. The lowest BCUT2D eigenvalue weighted by molar-refractivity contribution is -0.115. The van der Waals surface area contributed by atoms with Gasteiger partial charge in [0.15, 0.2) is 15.9 Å². The number of carbonyl (C=O) groups excluding carboxylic acids is 1. The molecule has 2 rings (SSSR count). The van der Waals surface area contributed by atoms with Crippen molar-refractivity contribution in [3.05, 3.63) is 41.4 Å². The van der Waals surface area contributed by atoms with E-state index >= 15 is 0 Å². The number of ether oxygens (including phenoxy) is 1. The Morgan fingerprint density at radius 3 is 2.71 bits per heavy atom. The minimum absolute atomic E-state index is 0.0836. The standard InChI is InChI=1S/C19H24N4O3S2/c1-4-9-14(18(27)26-5-2)21-17(24)16(23-25-3)15-12-28-19(22-15)20-13-10-7-6-8-11-13/h6-8,10-12,14H,4-5,9H2,1-3H3,(H,20,22)(H,21,24). The van der Waals surface area contributed by atoms with Crippen LogP contribution in [-0.4, -0.2) is 41.4 Å². The molecule has 1 amide bonds. The first-order valence-corrected chi connectivity index (χ1v) is 10.2. The molecule has 2 N–H and O–H groups in total. The highest BCUT2D eigenvalue weighted by Crippen LogP contribution is 2.21. The van der Waals surface area contributed by atoms with Crippen LogP contribution in [-0.2, 0) is 14.4 Å². The monoisotopic (exact) mass is 420 g/mol. The van der Waals surface area contributed by atoms with Crippen molar-refractivity contribution in [1.29, 1.82) is 0 Å². The lowest BCUT2D eigenvalue weighted by atomic mass is 10.1. The summed E-state index contributed by atoms with van der Waals surface area (Å²) in [6, 6.07) is 9.28. The highest BCUT2D eigenvalue weighted by molar-refractivity contribution is 7.80. The molecular formula is C19H24N4O3S2. The van der Waals surface area contributed by atoms with Crippen LogP contribution in [0.2, 0.25) is 0 Å². The van der Waals surface area contributed by atoms with Crippen LogP contribution in [0, 0.1) is 0 Å². The number of thiocarbonyl (C=S) groups is 1. The van der Waals surface area contributed by atoms with Gasteiger partial charge in [-0.1, -0.05) is 36.7 Å². The van der Waals surface area contributed by atoms with Crippen LogP contribution in [0.3, 0.4) is 0 Å². The predicted molar refractivity (Wildman–Crippen MR) is 116 cm³/mol. The Kier molecular flexibility index (Phi) is 8.83. The summed E-state index contributed by atoms with van der Waals surface area (Å²) in [6.45, 7) is 4.32. The van der Waals surface area contributed by atoms with E-state index in [0.717, 1.165) is 12.1 Å². The highest BCUT2D eigenvalue weighted by Gasteiger charge is 2.24. The molecule has 7 nitrogen and oxygen atoms in total. The van der Waals surface area contributed by atoms with Crippen LogP contribution >= 0.6 is 23.6 Å². The molecule has 0 bridgehead atoms. The summed E-state index contributed by atoms with van der Waals surface area (Å²) in [5, 5.41) is 12.7. The average molecular weight is 421 g/mol. The molecule has 1 atom stereocenters. The number of benzene rings is 1. The van der Waals surface area contributed by atoms with Gasteiger partial charge in [0.05, 0.1) is 12.6 Å². The van der Waals surface area contributed by atoms with Gasteiger partial charge in [0.2, 0.25) is 0 Å². The number of hydrogen-bond acceptors (Lipinski definition) is 8. The molecule has 1 heterocycles. The average Bonchev–Trinajstić information content (AvgIpc) is 3.14. The molecule has 0 aliphatic heterocycles. The summed E-state index contributed by atoms with van der Waals surface area (Å²) in [5.41, 5.74) is 1.41. The summed E-state index contributed by atoms with van der Waals surface area (Å²) in [4.78, 5) is 22.1. The van der Waals surface area contributed by atoms with Crippen molar-refractivity contribution in [2.75, 3.05) is 19.0 Å². The van der Waals surface area contributed by atoms with Crippen LogP contribution < -0.4 is 10.6 Å². The number of nitrogens with zero attached hydrogens (tertiary/aromatic N) is 2. The number of oxime groups is 1. The second-order valence-electron chi connectivity index (χ2n) is 5.72. The molecule has 1 aromatic carbocycles. The smallest absolute Gasteiger partial charge is 0.276 e. The van der Waals surface area contributed by atoms with Crippen molar-refractivity contribution < 1.29 is 14.4 Å². The van der Waals surface area contributed by atoms with Crippen LogP contribution in [0.5, 0.6) is 0 Å². The van der Waals surface area contributed by atoms with Crippen molar-refractivity contribution >= 4 is 51.0 Å². The van der Waals surface area contributed by atoms with Gasteiger partial charge in [-0.25, -0.2) is 4.98 Å². The van der Waals surface area contributed by atoms with E-state index in [4.69, 9.17) is 21.8 Å². The number of rotatable bonds is 10. The Labute approximate surface area is 174 Å². The quantitative estimate of drug-likeness (QED) is 0.345. The van der Waals surface area contributed by atoms with E-state index in [2.05, 4.69) is 20.8 Å². The molecule has 150 valence electrons. The molecule has 0 aliphatic rings. The van der Waals surface area contributed by atoms with Crippen molar-refractivity contribution in [3.8, 4) is 0 Å². The Hall–Kier alpha value is -2.52. The molecule has 0 aliphatic carbocycles. The number of carbonyl (C=O) groups is 1. The zero-order valence-electron chi connectivity index (χ0n) is 16.1. The van der Waals surface area contributed by atoms with Gasteiger partial charge in [-0.05, 0) is 37.7 Å². The summed E-state index contributed by atoms with van der Waals surface area (Å²) >= 11 is 6.64. The number of anilines is 2. The molecule has 0 radical (unpaired) electrons. The molecule has 28 heavy (non-hydrogen) atoms. The van der Waals surface area contributed by atoms with Gasteiger partial charge in [-0.2, -0.15) is 0 Å². The van der Waals surface area contributed by atoms with Gasteiger partial charge in [0, 0.05) is 11.1 Å². The minimum Gasteiger partial charge on any atom is -0.485 e. The molecule has 1 aromatic heterocycles. The van der Waals surface area contributed by atoms with E-state index in [-0.39, 0.29) is 11.8 Å². The third-order valence-corrected chi connectivity index (χ3v) is 4.78. The third-order valence-electron chi connectivity index (χ3n) is 3.62. The number of hydrogen-bond donors (Lipinski definition) is 2. The first-order chi connectivity index (χ1) is 13.6. The first-order valence-electron chi connectivity index (χ1n) is 8.95. The van der Waals surface area contributed by atoms with Gasteiger partial charge in [-0.15, -0.1) is 11.3 Å². The maximum Gasteiger partial charge on any atom is 0.276 e. The SMILES string of the molecule is CCCC(NC(=O)C(=NOC)c1csc(Nc2ccccc2)n1)C(=S)OCC. The normalized spacial score (nSPS) is 12.2. The molecule has 2 aromatic rings. The van der Waals surface area contributed by atoms with E-state index in [1.807, 2.05) is 44.2 Å². The third kappa shape index (κ3) is 6.28.